The smallest absolute Gasteiger partial charge is 0.133 e. The molecule has 2 aromatic rings. The number of fused-ring (bicyclic) bond motifs is 4. The minimum atomic E-state index is 0.560. The number of morpholine rings is 1. The Morgan fingerprint density at radius 1 is 1.04 bits per heavy atom. The summed E-state index contributed by atoms with van der Waals surface area (Å²) in [7, 11) is 0. The van der Waals surface area contributed by atoms with Gasteiger partial charge >= 0.3 is 0 Å². The maximum Gasteiger partial charge on any atom is 0.133 e. The van der Waals surface area contributed by atoms with Gasteiger partial charge in [-0.25, -0.2) is 4.98 Å². The van der Waals surface area contributed by atoms with E-state index in [1.165, 1.54) is 35.3 Å². The molecule has 2 saturated heterocycles. The third-order valence-electron chi connectivity index (χ3n) is 5.44. The predicted molar refractivity (Wildman–Crippen MR) is 91.5 cm³/mol. The van der Waals surface area contributed by atoms with E-state index >= 15 is 0 Å². The summed E-state index contributed by atoms with van der Waals surface area (Å²) in [6.45, 7) is 1.75. The minimum Gasteiger partial charge on any atom is -0.377 e. The number of nitrogens with zero attached hydrogens (tertiary/aromatic N) is 2. The Bertz CT molecular complexity index is 729. The summed E-state index contributed by atoms with van der Waals surface area (Å²) in [4.78, 5) is 7.08. The lowest BCUT2D eigenvalue weighted by Crippen LogP contribution is -2.45. The summed E-state index contributed by atoms with van der Waals surface area (Å²) < 4.78 is 5.72. The molecule has 2 fully saturated rings. The Kier molecular flexibility index (Phi) is 3.05. The van der Waals surface area contributed by atoms with Crippen molar-refractivity contribution in [3.05, 3.63) is 47.7 Å². The van der Waals surface area contributed by atoms with Crippen LogP contribution in [0.1, 0.15) is 24.0 Å². The van der Waals surface area contributed by atoms with Crippen LogP contribution >= 0.6 is 0 Å². The molecule has 3 aliphatic heterocycles. The quantitative estimate of drug-likeness (QED) is 0.877. The Morgan fingerprint density at radius 3 is 2.74 bits per heavy atom. The molecule has 4 heterocycles. The van der Waals surface area contributed by atoms with Crippen molar-refractivity contribution in [3.63, 3.8) is 0 Å². The first-order valence-corrected chi connectivity index (χ1v) is 8.58. The highest BCUT2D eigenvalue weighted by Crippen LogP contribution is 2.37. The zero-order valence-electron chi connectivity index (χ0n) is 13.2. The van der Waals surface area contributed by atoms with E-state index in [0.29, 0.717) is 12.1 Å². The van der Waals surface area contributed by atoms with Gasteiger partial charge in [-0.2, -0.15) is 0 Å². The minimum absolute atomic E-state index is 0.560. The second-order valence-corrected chi connectivity index (χ2v) is 6.81. The van der Waals surface area contributed by atoms with Crippen molar-refractivity contribution in [2.24, 2.45) is 0 Å². The monoisotopic (exact) mass is 307 g/mol. The lowest BCUT2D eigenvalue weighted by molar-refractivity contribution is 0.0906. The van der Waals surface area contributed by atoms with Gasteiger partial charge in [-0.05, 0) is 61.1 Å². The molecule has 5 rings (SSSR count). The number of nitrogens with one attached hydrogen (secondary N) is 1. The Morgan fingerprint density at radius 2 is 1.87 bits per heavy atom. The van der Waals surface area contributed by atoms with E-state index in [2.05, 4.69) is 39.5 Å². The van der Waals surface area contributed by atoms with Crippen LogP contribution in [0.3, 0.4) is 0 Å². The molecule has 2 atom stereocenters. The van der Waals surface area contributed by atoms with Crippen LogP contribution < -0.4 is 10.2 Å². The Balaban J connectivity index is 1.49. The Hall–Kier alpha value is -2.07. The molecule has 0 amide bonds. The SMILES string of the molecule is c1cnc2c(c1)CCc1cc(N3C4CCC3COC4)ccc1N2. The summed E-state index contributed by atoms with van der Waals surface area (Å²) in [5, 5.41) is 3.52. The average molecular weight is 307 g/mol. The molecule has 0 radical (unpaired) electrons. The van der Waals surface area contributed by atoms with E-state index in [9.17, 15) is 0 Å². The summed E-state index contributed by atoms with van der Waals surface area (Å²) in [5.41, 5.74) is 5.26. The predicted octanol–water partition coefficient (Wildman–Crippen LogP) is 3.29. The molecule has 2 bridgehead atoms. The normalized spacial score (nSPS) is 25.3. The third-order valence-corrected chi connectivity index (χ3v) is 5.44. The number of aryl methyl sites for hydroxylation is 2. The van der Waals surface area contributed by atoms with Crippen LogP contribution in [-0.2, 0) is 17.6 Å². The number of rotatable bonds is 1. The highest BCUT2D eigenvalue weighted by atomic mass is 16.5. The molecular weight excluding hydrogens is 286 g/mol. The van der Waals surface area contributed by atoms with E-state index in [4.69, 9.17) is 4.74 Å². The van der Waals surface area contributed by atoms with Gasteiger partial charge in [-0.1, -0.05) is 6.07 Å². The van der Waals surface area contributed by atoms with Crippen molar-refractivity contribution in [2.45, 2.75) is 37.8 Å². The van der Waals surface area contributed by atoms with E-state index in [1.807, 2.05) is 12.3 Å². The number of hydrogen-bond donors (Lipinski definition) is 1. The van der Waals surface area contributed by atoms with Crippen LogP contribution in [0, 0.1) is 0 Å². The van der Waals surface area contributed by atoms with Gasteiger partial charge in [0.05, 0.1) is 25.3 Å². The number of benzene rings is 1. The van der Waals surface area contributed by atoms with Crippen molar-refractivity contribution >= 4 is 17.2 Å². The van der Waals surface area contributed by atoms with Crippen LogP contribution in [0.2, 0.25) is 0 Å². The maximum atomic E-state index is 5.72. The second kappa shape index (κ2) is 5.24. The molecule has 4 nitrogen and oxygen atoms in total. The first kappa shape index (κ1) is 13.4. The maximum absolute atomic E-state index is 5.72. The van der Waals surface area contributed by atoms with Gasteiger partial charge in [0.25, 0.3) is 0 Å². The van der Waals surface area contributed by atoms with Crippen molar-refractivity contribution < 1.29 is 4.74 Å². The zero-order chi connectivity index (χ0) is 15.2. The largest absolute Gasteiger partial charge is 0.377 e. The highest BCUT2D eigenvalue weighted by Gasteiger charge is 2.37. The fraction of sp³-hybridized carbons (Fsp3) is 0.421. The van der Waals surface area contributed by atoms with Gasteiger partial charge in [-0.15, -0.1) is 0 Å². The molecule has 0 aliphatic carbocycles. The second-order valence-electron chi connectivity index (χ2n) is 6.81. The van der Waals surface area contributed by atoms with Crippen LogP contribution in [0.5, 0.6) is 0 Å². The number of hydrogen-bond acceptors (Lipinski definition) is 4. The van der Waals surface area contributed by atoms with Gasteiger partial charge in [0.1, 0.15) is 5.82 Å². The molecular formula is C19H21N3O. The zero-order valence-corrected chi connectivity index (χ0v) is 13.2. The van der Waals surface area contributed by atoms with Gasteiger partial charge < -0.3 is 15.0 Å². The molecule has 23 heavy (non-hydrogen) atoms. The number of ether oxygens (including phenoxy) is 1. The number of pyridine rings is 1. The van der Waals surface area contributed by atoms with Gasteiger partial charge in [-0.3, -0.25) is 0 Å². The molecule has 1 aromatic heterocycles. The fourth-order valence-corrected chi connectivity index (χ4v) is 4.27. The van der Waals surface area contributed by atoms with Crippen LogP contribution in [0.25, 0.3) is 0 Å². The highest BCUT2D eigenvalue weighted by molar-refractivity contribution is 5.69. The lowest BCUT2D eigenvalue weighted by Gasteiger charge is -2.37. The molecule has 1 N–H and O–H groups in total. The summed E-state index contributed by atoms with van der Waals surface area (Å²) in [5.74, 6) is 1.01. The van der Waals surface area contributed by atoms with E-state index in [0.717, 1.165) is 31.9 Å². The molecule has 118 valence electrons. The molecule has 0 saturated carbocycles. The molecule has 1 aromatic carbocycles. The van der Waals surface area contributed by atoms with Crippen molar-refractivity contribution in [2.75, 3.05) is 23.4 Å². The topological polar surface area (TPSA) is 37.4 Å². The summed E-state index contributed by atoms with van der Waals surface area (Å²) in [6, 6.07) is 12.2. The van der Waals surface area contributed by atoms with Crippen molar-refractivity contribution in [3.8, 4) is 0 Å². The van der Waals surface area contributed by atoms with Crippen LogP contribution in [0.4, 0.5) is 17.2 Å². The van der Waals surface area contributed by atoms with E-state index < -0.39 is 0 Å². The van der Waals surface area contributed by atoms with Gasteiger partial charge in [0, 0.05) is 17.6 Å². The van der Waals surface area contributed by atoms with Crippen molar-refractivity contribution in [1.82, 2.24) is 4.98 Å². The number of aromatic nitrogens is 1. The van der Waals surface area contributed by atoms with Crippen LogP contribution in [0.15, 0.2) is 36.5 Å². The summed E-state index contributed by atoms with van der Waals surface area (Å²) in [6.07, 6.45) is 6.48. The first-order chi connectivity index (χ1) is 11.4. The first-order valence-electron chi connectivity index (χ1n) is 8.58. The van der Waals surface area contributed by atoms with Gasteiger partial charge in [0.15, 0.2) is 0 Å². The third kappa shape index (κ3) is 2.20. The average Bonchev–Trinajstić information content (AvgIpc) is 2.76. The summed E-state index contributed by atoms with van der Waals surface area (Å²) >= 11 is 0. The van der Waals surface area contributed by atoms with Crippen LogP contribution in [-0.4, -0.2) is 30.3 Å². The lowest BCUT2D eigenvalue weighted by atomic mass is 10.0. The molecule has 4 heteroatoms. The number of anilines is 3. The molecule has 2 unspecified atom stereocenters. The van der Waals surface area contributed by atoms with E-state index in [1.54, 1.807) is 0 Å². The molecule has 0 spiro atoms. The Labute approximate surface area is 136 Å². The fourth-order valence-electron chi connectivity index (χ4n) is 4.27. The van der Waals surface area contributed by atoms with E-state index in [-0.39, 0.29) is 0 Å². The van der Waals surface area contributed by atoms with Gasteiger partial charge in [0.2, 0.25) is 0 Å². The standard InChI is InChI=1S/C19H21N3O/c1-2-13-3-4-14-10-15(7-8-18(14)21-19(13)20-9-1)22-16-5-6-17(22)12-23-11-16/h1-2,7-10,16-17H,3-6,11-12H2,(H,20,21). The molecule has 3 aliphatic rings. The van der Waals surface area contributed by atoms with Crippen molar-refractivity contribution in [1.29, 1.82) is 0 Å².